The fourth-order valence-corrected chi connectivity index (χ4v) is 1.69. The third kappa shape index (κ3) is 4.58. The van der Waals surface area contributed by atoms with E-state index in [0.717, 1.165) is 6.07 Å². The fraction of sp³-hybridized carbons (Fsp3) is 0.500. The Labute approximate surface area is 108 Å². The largest absolute Gasteiger partial charge is 0.417 e. The summed E-state index contributed by atoms with van der Waals surface area (Å²) in [7, 11) is 0. The SMILES string of the molecule is CC(C)(C)CNc1ccc(Br)c(C(F)(F)F)c1. The highest BCUT2D eigenvalue weighted by Gasteiger charge is 2.33. The highest BCUT2D eigenvalue weighted by atomic mass is 79.9. The molecule has 1 N–H and O–H groups in total. The van der Waals surface area contributed by atoms with Crippen molar-refractivity contribution in [3.63, 3.8) is 0 Å². The number of anilines is 1. The first-order valence-corrected chi connectivity index (χ1v) is 5.99. The van der Waals surface area contributed by atoms with Crippen LogP contribution in [0.15, 0.2) is 22.7 Å². The minimum atomic E-state index is -4.34. The molecule has 0 aliphatic heterocycles. The Balaban J connectivity index is 2.90. The molecule has 5 heteroatoms. The summed E-state index contributed by atoms with van der Waals surface area (Å²) < 4.78 is 38.0. The van der Waals surface area contributed by atoms with E-state index in [0.29, 0.717) is 12.2 Å². The fourth-order valence-electron chi connectivity index (χ4n) is 1.22. The molecule has 0 unspecified atom stereocenters. The Morgan fingerprint density at radius 1 is 1.18 bits per heavy atom. The van der Waals surface area contributed by atoms with Gasteiger partial charge in [-0.2, -0.15) is 13.2 Å². The first-order chi connectivity index (χ1) is 7.59. The summed E-state index contributed by atoms with van der Waals surface area (Å²) >= 11 is 2.91. The summed E-state index contributed by atoms with van der Waals surface area (Å²) in [6, 6.07) is 4.16. The topological polar surface area (TPSA) is 12.0 Å². The zero-order valence-corrected chi connectivity index (χ0v) is 11.5. The van der Waals surface area contributed by atoms with Crippen LogP contribution in [0.1, 0.15) is 26.3 Å². The van der Waals surface area contributed by atoms with Gasteiger partial charge in [0.2, 0.25) is 0 Å². The number of rotatable bonds is 2. The maximum atomic E-state index is 12.6. The summed E-state index contributed by atoms with van der Waals surface area (Å²) in [6.07, 6.45) is -4.34. The zero-order valence-electron chi connectivity index (χ0n) is 9.95. The first kappa shape index (κ1) is 14.4. The molecule has 0 amide bonds. The lowest BCUT2D eigenvalue weighted by atomic mass is 9.97. The van der Waals surface area contributed by atoms with E-state index >= 15 is 0 Å². The number of hydrogen-bond acceptors (Lipinski definition) is 1. The normalized spacial score (nSPS) is 12.6. The van der Waals surface area contributed by atoms with Crippen LogP contribution in [0, 0.1) is 5.41 Å². The van der Waals surface area contributed by atoms with Crippen molar-refractivity contribution in [3.05, 3.63) is 28.2 Å². The van der Waals surface area contributed by atoms with Gasteiger partial charge in [-0.3, -0.25) is 0 Å². The molecule has 0 bridgehead atoms. The van der Waals surface area contributed by atoms with Crippen LogP contribution < -0.4 is 5.32 Å². The molecule has 0 radical (unpaired) electrons. The molecule has 0 aromatic heterocycles. The van der Waals surface area contributed by atoms with Gasteiger partial charge in [-0.25, -0.2) is 0 Å². The Morgan fingerprint density at radius 2 is 1.76 bits per heavy atom. The Morgan fingerprint density at radius 3 is 2.24 bits per heavy atom. The van der Waals surface area contributed by atoms with Crippen molar-refractivity contribution in [1.29, 1.82) is 0 Å². The maximum absolute atomic E-state index is 12.6. The van der Waals surface area contributed by atoms with Crippen LogP contribution in [0.25, 0.3) is 0 Å². The van der Waals surface area contributed by atoms with Crippen molar-refractivity contribution < 1.29 is 13.2 Å². The predicted molar refractivity (Wildman–Crippen MR) is 67.1 cm³/mol. The van der Waals surface area contributed by atoms with Gasteiger partial charge in [-0.1, -0.05) is 36.7 Å². The van der Waals surface area contributed by atoms with Gasteiger partial charge in [0.15, 0.2) is 0 Å². The van der Waals surface area contributed by atoms with Crippen molar-refractivity contribution in [2.24, 2.45) is 5.41 Å². The van der Waals surface area contributed by atoms with Gasteiger partial charge < -0.3 is 5.32 Å². The van der Waals surface area contributed by atoms with Crippen LogP contribution in [0.2, 0.25) is 0 Å². The van der Waals surface area contributed by atoms with Gasteiger partial charge in [0.25, 0.3) is 0 Å². The van der Waals surface area contributed by atoms with Gasteiger partial charge in [-0.15, -0.1) is 0 Å². The molecule has 1 aromatic rings. The van der Waals surface area contributed by atoms with Gasteiger partial charge in [0.05, 0.1) is 5.56 Å². The third-order valence-corrected chi connectivity index (χ3v) is 2.79. The molecule has 0 spiro atoms. The van der Waals surface area contributed by atoms with Crippen LogP contribution in [0.3, 0.4) is 0 Å². The van der Waals surface area contributed by atoms with Crippen molar-refractivity contribution in [2.45, 2.75) is 26.9 Å². The van der Waals surface area contributed by atoms with E-state index in [1.807, 2.05) is 20.8 Å². The molecule has 0 saturated carbocycles. The second kappa shape index (κ2) is 4.88. The smallest absolute Gasteiger partial charge is 0.385 e. The van der Waals surface area contributed by atoms with E-state index in [4.69, 9.17) is 0 Å². The van der Waals surface area contributed by atoms with Gasteiger partial charge >= 0.3 is 6.18 Å². The van der Waals surface area contributed by atoms with E-state index < -0.39 is 11.7 Å². The average Bonchev–Trinajstić information content (AvgIpc) is 2.13. The highest BCUT2D eigenvalue weighted by molar-refractivity contribution is 9.10. The minimum absolute atomic E-state index is 0.0193. The van der Waals surface area contributed by atoms with Crippen molar-refractivity contribution in [3.8, 4) is 0 Å². The van der Waals surface area contributed by atoms with E-state index in [1.54, 1.807) is 6.07 Å². The number of halogens is 4. The molecule has 96 valence electrons. The van der Waals surface area contributed by atoms with Gasteiger partial charge in [-0.05, 0) is 23.6 Å². The molecule has 0 aliphatic carbocycles. The highest BCUT2D eigenvalue weighted by Crippen LogP contribution is 2.36. The first-order valence-electron chi connectivity index (χ1n) is 5.20. The number of benzene rings is 1. The van der Waals surface area contributed by atoms with Crippen LogP contribution in [-0.2, 0) is 6.18 Å². The van der Waals surface area contributed by atoms with Crippen LogP contribution >= 0.6 is 15.9 Å². The second-order valence-electron chi connectivity index (χ2n) is 5.11. The summed E-state index contributed by atoms with van der Waals surface area (Å²) in [5.74, 6) is 0. The molecule has 0 saturated heterocycles. The number of alkyl halides is 3. The quantitative estimate of drug-likeness (QED) is 0.817. The predicted octanol–water partition coefficient (Wildman–Crippen LogP) is 4.93. The molecule has 1 nitrogen and oxygen atoms in total. The molecular weight excluding hydrogens is 295 g/mol. The van der Waals surface area contributed by atoms with Crippen molar-refractivity contribution in [2.75, 3.05) is 11.9 Å². The minimum Gasteiger partial charge on any atom is -0.385 e. The molecule has 0 fully saturated rings. The molecule has 17 heavy (non-hydrogen) atoms. The lowest BCUT2D eigenvalue weighted by Gasteiger charge is -2.20. The number of hydrogen-bond donors (Lipinski definition) is 1. The van der Waals surface area contributed by atoms with Crippen molar-refractivity contribution >= 4 is 21.6 Å². The molecular formula is C12H15BrF3N. The van der Waals surface area contributed by atoms with E-state index in [9.17, 15) is 13.2 Å². The lowest BCUT2D eigenvalue weighted by Crippen LogP contribution is -2.19. The molecule has 0 atom stereocenters. The van der Waals surface area contributed by atoms with Gasteiger partial charge in [0.1, 0.15) is 0 Å². The molecule has 1 aromatic carbocycles. The Hall–Kier alpha value is -0.710. The van der Waals surface area contributed by atoms with Gasteiger partial charge in [0, 0.05) is 16.7 Å². The van der Waals surface area contributed by atoms with Crippen LogP contribution in [0.5, 0.6) is 0 Å². The Kier molecular flexibility index (Phi) is 4.12. The van der Waals surface area contributed by atoms with Crippen molar-refractivity contribution in [1.82, 2.24) is 0 Å². The summed E-state index contributed by atoms with van der Waals surface area (Å²) in [6.45, 7) is 6.67. The summed E-state index contributed by atoms with van der Waals surface area (Å²) in [5, 5.41) is 3.00. The summed E-state index contributed by atoms with van der Waals surface area (Å²) in [5.41, 5.74) is -0.155. The third-order valence-electron chi connectivity index (χ3n) is 2.09. The van der Waals surface area contributed by atoms with Crippen LogP contribution in [0.4, 0.5) is 18.9 Å². The van der Waals surface area contributed by atoms with E-state index in [1.165, 1.54) is 6.07 Å². The maximum Gasteiger partial charge on any atom is 0.417 e. The monoisotopic (exact) mass is 309 g/mol. The molecule has 1 rings (SSSR count). The van der Waals surface area contributed by atoms with E-state index in [-0.39, 0.29) is 9.89 Å². The Bertz CT molecular complexity index is 394. The van der Waals surface area contributed by atoms with E-state index in [2.05, 4.69) is 21.2 Å². The standard InChI is InChI=1S/C12H15BrF3N/c1-11(2,3)7-17-8-4-5-10(13)9(6-8)12(14,15)16/h4-6,17H,7H2,1-3H3. The number of nitrogens with one attached hydrogen (secondary N) is 1. The van der Waals surface area contributed by atoms with Crippen LogP contribution in [-0.4, -0.2) is 6.54 Å². The zero-order chi connectivity index (χ0) is 13.3. The molecule has 0 heterocycles. The second-order valence-corrected chi connectivity index (χ2v) is 5.96. The average molecular weight is 310 g/mol. The summed E-state index contributed by atoms with van der Waals surface area (Å²) in [4.78, 5) is 0. The molecule has 0 aliphatic rings. The lowest BCUT2D eigenvalue weighted by molar-refractivity contribution is -0.138.